The highest BCUT2D eigenvalue weighted by atomic mass is 16.5. The van der Waals surface area contributed by atoms with Crippen LogP contribution in [0.15, 0.2) is 21.7 Å². The summed E-state index contributed by atoms with van der Waals surface area (Å²) in [6, 6.07) is 0. The fraction of sp³-hybridized carbons (Fsp3) is 0.538. The third-order valence-electron chi connectivity index (χ3n) is 3.65. The second kappa shape index (κ2) is 6.14. The maximum atomic E-state index is 12.3. The van der Waals surface area contributed by atoms with E-state index in [0.29, 0.717) is 13.0 Å². The smallest absolute Gasteiger partial charge is 0.373 e. The monoisotopic (exact) mass is 307 g/mol. The van der Waals surface area contributed by atoms with Crippen LogP contribution in [-0.4, -0.2) is 32.4 Å². The molecule has 1 saturated heterocycles. The summed E-state index contributed by atoms with van der Waals surface area (Å²) in [5.74, 6) is -0.783. The van der Waals surface area contributed by atoms with E-state index in [4.69, 9.17) is 4.74 Å². The van der Waals surface area contributed by atoms with Crippen LogP contribution in [0.1, 0.15) is 30.8 Å². The summed E-state index contributed by atoms with van der Waals surface area (Å²) in [5.41, 5.74) is 0.898. The standard InChI is InChI=1S/C13H17N5O4/c1-2-18-7-8(5-15-18)11-9(3-4-21-11)12(19)14-6-10-16-13(20)22-17-10/h5,7,9,11H,2-4,6H2,1H3,(H,14,19)(H,16,17,20)/t9-,11+/m1/s1. The molecule has 9 nitrogen and oxygen atoms in total. The molecule has 9 heteroatoms. The minimum Gasteiger partial charge on any atom is -0.373 e. The minimum absolute atomic E-state index is 0.113. The molecule has 0 radical (unpaired) electrons. The summed E-state index contributed by atoms with van der Waals surface area (Å²) in [7, 11) is 0. The summed E-state index contributed by atoms with van der Waals surface area (Å²) >= 11 is 0. The van der Waals surface area contributed by atoms with Crippen molar-refractivity contribution < 1.29 is 14.1 Å². The van der Waals surface area contributed by atoms with Gasteiger partial charge in [0.25, 0.3) is 0 Å². The molecule has 1 aliphatic rings. The molecule has 0 aromatic carbocycles. The highest BCUT2D eigenvalue weighted by Gasteiger charge is 2.35. The number of hydrogen-bond acceptors (Lipinski definition) is 6. The molecule has 0 unspecified atom stereocenters. The van der Waals surface area contributed by atoms with Crippen LogP contribution in [-0.2, 0) is 22.6 Å². The minimum atomic E-state index is -0.640. The predicted molar refractivity (Wildman–Crippen MR) is 73.7 cm³/mol. The Morgan fingerprint density at radius 1 is 1.59 bits per heavy atom. The predicted octanol–water partition coefficient (Wildman–Crippen LogP) is -0.0267. The van der Waals surface area contributed by atoms with Gasteiger partial charge in [-0.1, -0.05) is 5.16 Å². The lowest BCUT2D eigenvalue weighted by molar-refractivity contribution is -0.127. The third kappa shape index (κ3) is 2.93. The lowest BCUT2D eigenvalue weighted by atomic mass is 9.96. The van der Waals surface area contributed by atoms with Crippen LogP contribution >= 0.6 is 0 Å². The molecular formula is C13H17N5O4. The van der Waals surface area contributed by atoms with Crippen LogP contribution in [0.4, 0.5) is 0 Å². The molecule has 1 amide bonds. The number of aromatic amines is 1. The first-order chi connectivity index (χ1) is 10.7. The van der Waals surface area contributed by atoms with Gasteiger partial charge in [0.05, 0.1) is 24.8 Å². The van der Waals surface area contributed by atoms with E-state index in [1.807, 2.05) is 13.1 Å². The van der Waals surface area contributed by atoms with Gasteiger partial charge in [0.15, 0.2) is 5.82 Å². The summed E-state index contributed by atoms with van der Waals surface area (Å²) in [6.45, 7) is 3.40. The van der Waals surface area contributed by atoms with Crippen molar-refractivity contribution in [1.29, 1.82) is 0 Å². The van der Waals surface area contributed by atoms with Gasteiger partial charge in [-0.05, 0) is 13.3 Å². The first-order valence-electron chi connectivity index (χ1n) is 7.14. The zero-order valence-electron chi connectivity index (χ0n) is 12.1. The highest BCUT2D eigenvalue weighted by Crippen LogP contribution is 2.34. The van der Waals surface area contributed by atoms with Crippen molar-refractivity contribution in [3.8, 4) is 0 Å². The third-order valence-corrected chi connectivity index (χ3v) is 3.65. The van der Waals surface area contributed by atoms with Gasteiger partial charge in [0.1, 0.15) is 0 Å². The maximum absolute atomic E-state index is 12.3. The van der Waals surface area contributed by atoms with Gasteiger partial charge in [-0.3, -0.25) is 19.0 Å². The average molecular weight is 307 g/mol. The topological polar surface area (TPSA) is 115 Å². The van der Waals surface area contributed by atoms with Gasteiger partial charge in [0, 0.05) is 24.9 Å². The Hall–Kier alpha value is -2.42. The quantitative estimate of drug-likeness (QED) is 0.801. The summed E-state index contributed by atoms with van der Waals surface area (Å²) < 4.78 is 11.9. The number of ether oxygens (including phenoxy) is 1. The Morgan fingerprint density at radius 3 is 3.14 bits per heavy atom. The average Bonchev–Trinajstić information content (AvgIpc) is 3.24. The molecule has 3 rings (SSSR count). The van der Waals surface area contributed by atoms with E-state index in [0.717, 1.165) is 12.1 Å². The molecule has 3 heterocycles. The van der Waals surface area contributed by atoms with E-state index in [1.165, 1.54) is 0 Å². The first-order valence-corrected chi connectivity index (χ1v) is 7.14. The normalized spacial score (nSPS) is 21.1. The Labute approximate surface area is 125 Å². The number of nitrogens with one attached hydrogen (secondary N) is 2. The van der Waals surface area contributed by atoms with E-state index in [1.54, 1.807) is 10.9 Å². The number of nitrogens with zero attached hydrogens (tertiary/aromatic N) is 3. The van der Waals surface area contributed by atoms with Gasteiger partial charge in [-0.25, -0.2) is 4.79 Å². The van der Waals surface area contributed by atoms with Crippen molar-refractivity contribution in [2.45, 2.75) is 32.5 Å². The number of aromatic nitrogens is 4. The SMILES string of the molecule is CCn1cc([C@@H]2OCC[C@H]2C(=O)NCc2noc(=O)[nH]2)cn1. The molecule has 0 bridgehead atoms. The molecule has 0 spiro atoms. The van der Waals surface area contributed by atoms with Gasteiger partial charge in [-0.2, -0.15) is 5.10 Å². The van der Waals surface area contributed by atoms with Crippen LogP contribution in [0.3, 0.4) is 0 Å². The lowest BCUT2D eigenvalue weighted by Crippen LogP contribution is -2.32. The Balaban J connectivity index is 1.64. The number of amides is 1. The van der Waals surface area contributed by atoms with Crippen LogP contribution in [0.2, 0.25) is 0 Å². The summed E-state index contributed by atoms with van der Waals surface area (Å²) in [4.78, 5) is 25.5. The largest absolute Gasteiger partial charge is 0.438 e. The van der Waals surface area contributed by atoms with Crippen LogP contribution in [0.25, 0.3) is 0 Å². The molecule has 2 aromatic heterocycles. The number of rotatable bonds is 5. The molecule has 2 N–H and O–H groups in total. The molecule has 118 valence electrons. The van der Waals surface area contributed by atoms with Crippen molar-refractivity contribution in [3.05, 3.63) is 34.3 Å². The summed E-state index contributed by atoms with van der Waals surface area (Å²) in [5, 5.41) is 10.5. The van der Waals surface area contributed by atoms with E-state index >= 15 is 0 Å². The van der Waals surface area contributed by atoms with Crippen LogP contribution in [0.5, 0.6) is 0 Å². The van der Waals surface area contributed by atoms with E-state index in [2.05, 4.69) is 25.1 Å². The number of carbonyl (C=O) groups excluding carboxylic acids is 1. The fourth-order valence-corrected chi connectivity index (χ4v) is 2.52. The Kier molecular flexibility index (Phi) is 4.05. The number of carbonyl (C=O) groups is 1. The first kappa shape index (κ1) is 14.5. The van der Waals surface area contributed by atoms with Crippen molar-refractivity contribution in [2.24, 2.45) is 5.92 Å². The van der Waals surface area contributed by atoms with Gasteiger partial charge < -0.3 is 10.1 Å². The van der Waals surface area contributed by atoms with E-state index < -0.39 is 5.76 Å². The van der Waals surface area contributed by atoms with Crippen molar-refractivity contribution in [1.82, 2.24) is 25.2 Å². The molecule has 2 atom stereocenters. The molecular weight excluding hydrogens is 290 g/mol. The van der Waals surface area contributed by atoms with Gasteiger partial charge in [0.2, 0.25) is 5.91 Å². The van der Waals surface area contributed by atoms with Crippen LogP contribution in [0, 0.1) is 5.92 Å². The van der Waals surface area contributed by atoms with Crippen molar-refractivity contribution in [2.75, 3.05) is 6.61 Å². The lowest BCUT2D eigenvalue weighted by Gasteiger charge is -2.16. The fourth-order valence-electron chi connectivity index (χ4n) is 2.52. The van der Waals surface area contributed by atoms with Crippen molar-refractivity contribution >= 4 is 5.91 Å². The second-order valence-electron chi connectivity index (χ2n) is 5.08. The number of hydrogen-bond donors (Lipinski definition) is 2. The molecule has 0 saturated carbocycles. The van der Waals surface area contributed by atoms with E-state index in [9.17, 15) is 9.59 Å². The van der Waals surface area contributed by atoms with Crippen LogP contribution < -0.4 is 11.1 Å². The Bertz CT molecular complexity index is 703. The molecule has 0 aliphatic carbocycles. The van der Waals surface area contributed by atoms with E-state index in [-0.39, 0.29) is 30.3 Å². The highest BCUT2D eigenvalue weighted by molar-refractivity contribution is 5.79. The molecule has 1 aliphatic heterocycles. The maximum Gasteiger partial charge on any atom is 0.438 e. The zero-order chi connectivity index (χ0) is 15.5. The molecule has 2 aromatic rings. The Morgan fingerprint density at radius 2 is 2.45 bits per heavy atom. The van der Waals surface area contributed by atoms with Crippen molar-refractivity contribution in [3.63, 3.8) is 0 Å². The zero-order valence-corrected chi connectivity index (χ0v) is 12.1. The number of H-pyrrole nitrogens is 1. The number of aryl methyl sites for hydroxylation is 1. The summed E-state index contributed by atoms with van der Waals surface area (Å²) in [6.07, 6.45) is 3.97. The van der Waals surface area contributed by atoms with Gasteiger partial charge >= 0.3 is 5.76 Å². The molecule has 1 fully saturated rings. The second-order valence-corrected chi connectivity index (χ2v) is 5.08. The molecule has 22 heavy (non-hydrogen) atoms. The van der Waals surface area contributed by atoms with Gasteiger partial charge in [-0.15, -0.1) is 0 Å².